The summed E-state index contributed by atoms with van der Waals surface area (Å²) in [6.45, 7) is 1.23. The zero-order valence-electron chi connectivity index (χ0n) is 5.71. The lowest BCUT2D eigenvalue weighted by Crippen LogP contribution is -2.14. The number of nitrogens with zero attached hydrogens (tertiary/aromatic N) is 1. The third-order valence-corrected chi connectivity index (χ3v) is 1.55. The average Bonchev–Trinajstić information content (AvgIpc) is 2.17. The fourth-order valence-electron chi connectivity index (χ4n) is 1.03. The van der Waals surface area contributed by atoms with Crippen LogP contribution in [0.5, 0.6) is 0 Å². The summed E-state index contributed by atoms with van der Waals surface area (Å²) < 4.78 is 0. The topological polar surface area (TPSA) is 32.7 Å². The highest BCUT2D eigenvalue weighted by Crippen LogP contribution is 2.13. The second-order valence-corrected chi connectivity index (χ2v) is 2.38. The van der Waals surface area contributed by atoms with Gasteiger partial charge in [0.05, 0.1) is 6.10 Å². The van der Waals surface area contributed by atoms with E-state index in [2.05, 4.69) is 0 Å². The number of hydroxylamine groups is 2. The first-order valence-electron chi connectivity index (χ1n) is 3.31. The molecule has 0 aromatic carbocycles. The van der Waals surface area contributed by atoms with Crippen molar-refractivity contribution in [3.05, 3.63) is 0 Å². The molecule has 0 saturated carbocycles. The average molecular weight is 131 g/mol. The molecule has 0 spiro atoms. The lowest BCUT2D eigenvalue weighted by molar-refractivity contribution is -0.130. The van der Waals surface area contributed by atoms with Crippen LogP contribution in [0.25, 0.3) is 0 Å². The van der Waals surface area contributed by atoms with Gasteiger partial charge in [0.2, 0.25) is 0 Å². The molecule has 3 heteroatoms. The molecule has 0 aromatic rings. The normalized spacial score (nSPS) is 29.3. The molecule has 1 aliphatic rings. The van der Waals surface area contributed by atoms with Crippen LogP contribution in [0, 0.1) is 0 Å². The second-order valence-electron chi connectivity index (χ2n) is 2.38. The molecule has 0 bridgehead atoms. The lowest BCUT2D eigenvalue weighted by Gasteiger charge is -2.08. The Morgan fingerprint density at radius 3 is 3.00 bits per heavy atom. The largest absolute Gasteiger partial charge is 0.396 e. The first-order valence-corrected chi connectivity index (χ1v) is 3.31. The molecule has 54 valence electrons. The molecule has 1 saturated heterocycles. The van der Waals surface area contributed by atoms with Gasteiger partial charge in [-0.15, -0.1) is 0 Å². The molecule has 0 amide bonds. The van der Waals surface area contributed by atoms with E-state index in [1.165, 1.54) is 0 Å². The van der Waals surface area contributed by atoms with Gasteiger partial charge in [-0.25, -0.2) is 0 Å². The lowest BCUT2D eigenvalue weighted by atomic mass is 10.2. The summed E-state index contributed by atoms with van der Waals surface area (Å²) in [6, 6.07) is 0. The SMILES string of the molecule is CN1CCC(CCO)O1. The maximum absolute atomic E-state index is 8.51. The standard InChI is InChI=1S/C6H13NO2/c1-7-4-2-6(9-7)3-5-8/h6,8H,2-5H2,1H3. The van der Waals surface area contributed by atoms with Gasteiger partial charge in [0.1, 0.15) is 0 Å². The van der Waals surface area contributed by atoms with E-state index >= 15 is 0 Å². The smallest absolute Gasteiger partial charge is 0.0828 e. The Bertz CT molecular complexity index is 85.1. The third kappa shape index (κ3) is 1.93. The van der Waals surface area contributed by atoms with Crippen LogP contribution in [-0.4, -0.2) is 36.5 Å². The Kier molecular flexibility index (Phi) is 2.45. The number of hydrogen-bond acceptors (Lipinski definition) is 3. The summed E-state index contributed by atoms with van der Waals surface area (Å²) in [7, 11) is 1.91. The molecule has 0 radical (unpaired) electrons. The maximum Gasteiger partial charge on any atom is 0.0828 e. The van der Waals surface area contributed by atoms with Crippen molar-refractivity contribution in [3.8, 4) is 0 Å². The van der Waals surface area contributed by atoms with Gasteiger partial charge < -0.3 is 5.11 Å². The van der Waals surface area contributed by atoms with Crippen LogP contribution in [0.15, 0.2) is 0 Å². The van der Waals surface area contributed by atoms with Gasteiger partial charge in [-0.05, 0) is 12.8 Å². The molecule has 0 aliphatic carbocycles. The van der Waals surface area contributed by atoms with Gasteiger partial charge in [-0.1, -0.05) is 0 Å². The summed E-state index contributed by atoms with van der Waals surface area (Å²) in [5, 5.41) is 10.3. The fourth-order valence-corrected chi connectivity index (χ4v) is 1.03. The van der Waals surface area contributed by atoms with Crippen molar-refractivity contribution in [2.24, 2.45) is 0 Å². The molecule has 9 heavy (non-hydrogen) atoms. The molecule has 0 aromatic heterocycles. The first-order chi connectivity index (χ1) is 4.33. The molecule has 1 fully saturated rings. The van der Waals surface area contributed by atoms with Crippen molar-refractivity contribution in [3.63, 3.8) is 0 Å². The van der Waals surface area contributed by atoms with E-state index in [1.807, 2.05) is 12.1 Å². The molecule has 1 rings (SSSR count). The van der Waals surface area contributed by atoms with Gasteiger partial charge in [-0.3, -0.25) is 4.84 Å². The van der Waals surface area contributed by atoms with Gasteiger partial charge in [-0.2, -0.15) is 5.06 Å². The Labute approximate surface area is 55.2 Å². The van der Waals surface area contributed by atoms with Crippen molar-refractivity contribution in [1.82, 2.24) is 5.06 Å². The Hall–Kier alpha value is -0.120. The quantitative estimate of drug-likeness (QED) is 0.572. The number of rotatable bonds is 2. The monoisotopic (exact) mass is 131 g/mol. The van der Waals surface area contributed by atoms with Crippen LogP contribution in [-0.2, 0) is 4.84 Å². The van der Waals surface area contributed by atoms with Crippen LogP contribution < -0.4 is 0 Å². The molecule has 1 heterocycles. The van der Waals surface area contributed by atoms with Crippen LogP contribution in [0.4, 0.5) is 0 Å². The van der Waals surface area contributed by atoms with E-state index in [9.17, 15) is 0 Å². The summed E-state index contributed by atoms with van der Waals surface area (Å²) in [6.07, 6.45) is 2.08. The number of aliphatic hydroxyl groups is 1. The summed E-state index contributed by atoms with van der Waals surface area (Å²) >= 11 is 0. The number of hydrogen-bond donors (Lipinski definition) is 1. The van der Waals surface area contributed by atoms with E-state index in [0.717, 1.165) is 19.4 Å². The van der Waals surface area contributed by atoms with Gasteiger partial charge >= 0.3 is 0 Å². The highest BCUT2D eigenvalue weighted by Gasteiger charge is 2.18. The minimum Gasteiger partial charge on any atom is -0.396 e. The summed E-state index contributed by atoms with van der Waals surface area (Å²) in [5.74, 6) is 0. The van der Waals surface area contributed by atoms with Crippen molar-refractivity contribution >= 4 is 0 Å². The van der Waals surface area contributed by atoms with Crippen LogP contribution >= 0.6 is 0 Å². The van der Waals surface area contributed by atoms with E-state index in [-0.39, 0.29) is 12.7 Å². The predicted molar refractivity (Wildman–Crippen MR) is 33.8 cm³/mol. The van der Waals surface area contributed by atoms with E-state index in [4.69, 9.17) is 9.94 Å². The van der Waals surface area contributed by atoms with Gasteiger partial charge in [0, 0.05) is 20.2 Å². The van der Waals surface area contributed by atoms with Gasteiger partial charge in [0.25, 0.3) is 0 Å². The Morgan fingerprint density at radius 2 is 2.56 bits per heavy atom. The number of aliphatic hydroxyl groups excluding tert-OH is 1. The van der Waals surface area contributed by atoms with Crippen molar-refractivity contribution in [2.75, 3.05) is 20.2 Å². The molecule has 3 nitrogen and oxygen atoms in total. The molecule has 1 aliphatic heterocycles. The third-order valence-electron chi connectivity index (χ3n) is 1.55. The highest BCUT2D eigenvalue weighted by molar-refractivity contribution is 4.63. The molecule has 1 atom stereocenters. The summed E-state index contributed by atoms with van der Waals surface area (Å²) in [5.41, 5.74) is 0. The molecular weight excluding hydrogens is 118 g/mol. The Morgan fingerprint density at radius 1 is 1.78 bits per heavy atom. The van der Waals surface area contributed by atoms with Crippen LogP contribution in [0.1, 0.15) is 12.8 Å². The predicted octanol–water partition coefficient (Wildman–Crippen LogP) is 0.00450. The van der Waals surface area contributed by atoms with E-state index < -0.39 is 0 Å². The van der Waals surface area contributed by atoms with E-state index in [0.29, 0.717) is 0 Å². The molecule has 1 N–H and O–H groups in total. The first kappa shape index (κ1) is 6.99. The minimum atomic E-state index is 0.235. The minimum absolute atomic E-state index is 0.235. The zero-order valence-corrected chi connectivity index (χ0v) is 5.71. The fraction of sp³-hybridized carbons (Fsp3) is 1.00. The zero-order chi connectivity index (χ0) is 6.69. The van der Waals surface area contributed by atoms with Crippen LogP contribution in [0.3, 0.4) is 0 Å². The van der Waals surface area contributed by atoms with Gasteiger partial charge in [0.15, 0.2) is 0 Å². The molecule has 1 unspecified atom stereocenters. The van der Waals surface area contributed by atoms with E-state index in [1.54, 1.807) is 0 Å². The highest BCUT2D eigenvalue weighted by atomic mass is 16.7. The van der Waals surface area contributed by atoms with Crippen molar-refractivity contribution < 1.29 is 9.94 Å². The summed E-state index contributed by atoms with van der Waals surface area (Å²) in [4.78, 5) is 5.28. The molecular formula is C6H13NO2. The van der Waals surface area contributed by atoms with Crippen molar-refractivity contribution in [2.45, 2.75) is 18.9 Å². The second kappa shape index (κ2) is 3.15. The maximum atomic E-state index is 8.51. The van der Waals surface area contributed by atoms with Crippen LogP contribution in [0.2, 0.25) is 0 Å². The van der Waals surface area contributed by atoms with Crippen molar-refractivity contribution in [1.29, 1.82) is 0 Å². The Balaban J connectivity index is 2.14.